The van der Waals surface area contributed by atoms with Gasteiger partial charge in [-0.05, 0) is 36.1 Å². The van der Waals surface area contributed by atoms with Crippen LogP contribution >= 0.6 is 0 Å². The summed E-state index contributed by atoms with van der Waals surface area (Å²) in [6.45, 7) is 5.27. The lowest BCUT2D eigenvalue weighted by Crippen LogP contribution is -2.44. The third-order valence-corrected chi connectivity index (χ3v) is 3.77. The van der Waals surface area contributed by atoms with Crippen molar-refractivity contribution in [2.45, 2.75) is 31.6 Å². The maximum Gasteiger partial charge on any atom is 0.327 e. The normalized spacial score (nSPS) is 11.6. The van der Waals surface area contributed by atoms with E-state index in [1.807, 2.05) is 18.7 Å². The Kier molecular flexibility index (Phi) is 4.38. The standard InChI is InChI=1S/C11H17N3O4S/c1-6(2)9-5-8(4-7(3)10(9)15)19(17,18)14-13-11(12)16/h4-6,14-15H,1-3H3,(H3,12,13,16). The first kappa shape index (κ1) is 15.3. The third kappa shape index (κ3) is 3.58. The van der Waals surface area contributed by atoms with Crippen molar-refractivity contribution in [3.8, 4) is 5.75 Å². The predicted molar refractivity (Wildman–Crippen MR) is 70.0 cm³/mol. The molecule has 19 heavy (non-hydrogen) atoms. The number of aryl methyl sites for hydroxylation is 1. The number of benzene rings is 1. The molecule has 0 heterocycles. The molecule has 0 aliphatic heterocycles. The molecule has 0 radical (unpaired) electrons. The summed E-state index contributed by atoms with van der Waals surface area (Å²) in [6.07, 6.45) is 0. The average molecular weight is 287 g/mol. The summed E-state index contributed by atoms with van der Waals surface area (Å²) in [7, 11) is -3.92. The Morgan fingerprint density at radius 1 is 1.37 bits per heavy atom. The highest BCUT2D eigenvalue weighted by molar-refractivity contribution is 7.89. The molecule has 5 N–H and O–H groups in total. The van der Waals surface area contributed by atoms with E-state index in [2.05, 4.69) is 0 Å². The molecule has 1 rings (SSSR count). The number of phenolic OH excluding ortho intramolecular Hbond substituents is 1. The van der Waals surface area contributed by atoms with E-state index in [4.69, 9.17) is 5.73 Å². The zero-order chi connectivity index (χ0) is 14.8. The smallest absolute Gasteiger partial charge is 0.327 e. The molecule has 106 valence electrons. The summed E-state index contributed by atoms with van der Waals surface area (Å²) >= 11 is 0. The van der Waals surface area contributed by atoms with E-state index in [0.29, 0.717) is 11.1 Å². The molecule has 0 aliphatic carbocycles. The lowest BCUT2D eigenvalue weighted by molar-refractivity contribution is 0.247. The second kappa shape index (κ2) is 5.45. The maximum atomic E-state index is 11.9. The van der Waals surface area contributed by atoms with Gasteiger partial charge in [0.25, 0.3) is 10.0 Å². The number of aromatic hydroxyl groups is 1. The Labute approximate surface area is 111 Å². The zero-order valence-corrected chi connectivity index (χ0v) is 11.7. The Bertz CT molecular complexity index is 596. The molecule has 0 saturated heterocycles. The summed E-state index contributed by atoms with van der Waals surface area (Å²) in [5, 5.41) is 9.87. The molecule has 0 saturated carbocycles. The summed E-state index contributed by atoms with van der Waals surface area (Å²) in [6, 6.07) is 1.66. The van der Waals surface area contributed by atoms with E-state index in [-0.39, 0.29) is 16.6 Å². The molecule has 2 amide bonds. The van der Waals surface area contributed by atoms with Gasteiger partial charge in [-0.1, -0.05) is 13.8 Å². The third-order valence-electron chi connectivity index (χ3n) is 2.54. The largest absolute Gasteiger partial charge is 0.507 e. The molecule has 8 heteroatoms. The minimum atomic E-state index is -3.92. The van der Waals surface area contributed by atoms with Crippen molar-refractivity contribution in [2.24, 2.45) is 5.73 Å². The Morgan fingerprint density at radius 2 is 1.95 bits per heavy atom. The zero-order valence-electron chi connectivity index (χ0n) is 10.9. The molecule has 0 aliphatic rings. The maximum absolute atomic E-state index is 11.9. The number of nitrogens with one attached hydrogen (secondary N) is 2. The van der Waals surface area contributed by atoms with Crippen LogP contribution < -0.4 is 16.0 Å². The number of hydrogen-bond donors (Lipinski definition) is 4. The van der Waals surface area contributed by atoms with Crippen LogP contribution in [0, 0.1) is 6.92 Å². The van der Waals surface area contributed by atoms with Gasteiger partial charge in [0.05, 0.1) is 4.90 Å². The second-order valence-corrected chi connectivity index (χ2v) is 6.11. The quantitative estimate of drug-likeness (QED) is 0.608. The van der Waals surface area contributed by atoms with Gasteiger partial charge in [0, 0.05) is 0 Å². The summed E-state index contributed by atoms with van der Waals surface area (Å²) in [5.74, 6) is 0.0229. The molecule has 1 aromatic rings. The van der Waals surface area contributed by atoms with Crippen molar-refractivity contribution in [2.75, 3.05) is 0 Å². The van der Waals surface area contributed by atoms with Gasteiger partial charge >= 0.3 is 6.03 Å². The van der Waals surface area contributed by atoms with E-state index < -0.39 is 16.1 Å². The van der Waals surface area contributed by atoms with Crippen molar-refractivity contribution < 1.29 is 18.3 Å². The number of hydrogen-bond acceptors (Lipinski definition) is 4. The number of carbonyl (C=O) groups excluding carboxylic acids is 1. The Balaban J connectivity index is 3.24. The minimum absolute atomic E-state index is 0.0436. The first-order chi connectivity index (χ1) is 8.65. The molecule has 1 aromatic carbocycles. The summed E-state index contributed by atoms with van der Waals surface area (Å²) < 4.78 is 23.8. The van der Waals surface area contributed by atoms with Gasteiger partial charge in [-0.3, -0.25) is 5.43 Å². The number of carbonyl (C=O) groups is 1. The van der Waals surface area contributed by atoms with E-state index >= 15 is 0 Å². The van der Waals surface area contributed by atoms with Crippen LogP contribution in [0.1, 0.15) is 30.9 Å². The molecule has 0 atom stereocenters. The van der Waals surface area contributed by atoms with Gasteiger partial charge in [0.1, 0.15) is 5.75 Å². The number of urea groups is 1. The molecular weight excluding hydrogens is 270 g/mol. The molecule has 0 fully saturated rings. The van der Waals surface area contributed by atoms with Crippen LogP contribution in [0.4, 0.5) is 4.79 Å². The summed E-state index contributed by atoms with van der Waals surface area (Å²) in [5.41, 5.74) is 7.55. The van der Waals surface area contributed by atoms with Gasteiger partial charge in [-0.2, -0.15) is 0 Å². The lowest BCUT2D eigenvalue weighted by atomic mass is 10.00. The van der Waals surface area contributed by atoms with Crippen LogP contribution in [0.2, 0.25) is 0 Å². The van der Waals surface area contributed by atoms with Crippen molar-refractivity contribution in [1.82, 2.24) is 10.3 Å². The van der Waals surface area contributed by atoms with Crippen LogP contribution in [0.15, 0.2) is 17.0 Å². The SMILES string of the molecule is Cc1cc(S(=O)(=O)NNC(N)=O)cc(C(C)C)c1O. The van der Waals surface area contributed by atoms with Gasteiger partial charge in [-0.15, -0.1) is 4.83 Å². The van der Waals surface area contributed by atoms with Crippen LogP contribution in [-0.4, -0.2) is 19.6 Å². The number of phenols is 1. The van der Waals surface area contributed by atoms with Crippen LogP contribution in [0.25, 0.3) is 0 Å². The van der Waals surface area contributed by atoms with E-state index in [1.54, 1.807) is 12.3 Å². The Morgan fingerprint density at radius 3 is 2.42 bits per heavy atom. The highest BCUT2D eigenvalue weighted by atomic mass is 32.2. The van der Waals surface area contributed by atoms with E-state index in [9.17, 15) is 18.3 Å². The van der Waals surface area contributed by atoms with E-state index in [0.717, 1.165) is 0 Å². The van der Waals surface area contributed by atoms with Crippen LogP contribution in [0.5, 0.6) is 5.75 Å². The summed E-state index contributed by atoms with van der Waals surface area (Å²) in [4.78, 5) is 12.3. The van der Waals surface area contributed by atoms with Crippen molar-refractivity contribution in [3.63, 3.8) is 0 Å². The number of nitrogens with two attached hydrogens (primary N) is 1. The Hall–Kier alpha value is -1.80. The molecule has 0 unspecified atom stereocenters. The van der Waals surface area contributed by atoms with Crippen molar-refractivity contribution in [3.05, 3.63) is 23.3 Å². The first-order valence-corrected chi connectivity index (χ1v) is 7.04. The number of amides is 2. The van der Waals surface area contributed by atoms with Gasteiger partial charge in [0.15, 0.2) is 0 Å². The van der Waals surface area contributed by atoms with Gasteiger partial charge in [0.2, 0.25) is 0 Å². The fraction of sp³-hybridized carbons (Fsp3) is 0.364. The van der Waals surface area contributed by atoms with Gasteiger partial charge in [-0.25, -0.2) is 13.2 Å². The van der Waals surface area contributed by atoms with Crippen molar-refractivity contribution >= 4 is 16.1 Å². The highest BCUT2D eigenvalue weighted by Crippen LogP contribution is 2.31. The van der Waals surface area contributed by atoms with E-state index in [1.165, 1.54) is 12.1 Å². The predicted octanol–water partition coefficient (Wildman–Crippen LogP) is 0.686. The molecule has 0 aromatic heterocycles. The number of rotatable bonds is 4. The first-order valence-electron chi connectivity index (χ1n) is 5.56. The minimum Gasteiger partial charge on any atom is -0.507 e. The van der Waals surface area contributed by atoms with Gasteiger partial charge < -0.3 is 10.8 Å². The second-order valence-electron chi connectivity index (χ2n) is 4.43. The highest BCUT2D eigenvalue weighted by Gasteiger charge is 2.19. The van der Waals surface area contributed by atoms with Crippen LogP contribution in [0.3, 0.4) is 0 Å². The van der Waals surface area contributed by atoms with Crippen LogP contribution in [-0.2, 0) is 10.0 Å². The number of primary amides is 1. The molecule has 0 spiro atoms. The average Bonchev–Trinajstić information content (AvgIpc) is 2.29. The lowest BCUT2D eigenvalue weighted by Gasteiger charge is -2.14. The molecule has 0 bridgehead atoms. The fourth-order valence-electron chi connectivity index (χ4n) is 1.54. The monoisotopic (exact) mass is 287 g/mol. The van der Waals surface area contributed by atoms with Crippen molar-refractivity contribution in [1.29, 1.82) is 0 Å². The fourth-order valence-corrected chi connectivity index (χ4v) is 2.51. The number of sulfonamides is 1. The topological polar surface area (TPSA) is 122 Å². The molecular formula is C11H17N3O4S. The number of hydrazine groups is 1. The molecule has 7 nitrogen and oxygen atoms in total.